The Labute approximate surface area is 187 Å². The Bertz CT molecular complexity index is 1250. The molecule has 0 bridgehead atoms. The average molecular weight is 425 g/mol. The number of nitriles is 1. The average Bonchev–Trinajstić information content (AvgIpc) is 3.24. The summed E-state index contributed by atoms with van der Waals surface area (Å²) >= 11 is 0. The molecule has 0 radical (unpaired) electrons. The molecule has 3 nitrogen and oxygen atoms in total. The molecule has 1 fully saturated rings. The molecular formula is C28H25FN2O. The van der Waals surface area contributed by atoms with Crippen molar-refractivity contribution in [3.63, 3.8) is 0 Å². The third-order valence-corrected chi connectivity index (χ3v) is 6.48. The van der Waals surface area contributed by atoms with E-state index in [9.17, 15) is 9.65 Å². The van der Waals surface area contributed by atoms with Gasteiger partial charge in [-0.3, -0.25) is 0 Å². The zero-order valence-electron chi connectivity index (χ0n) is 17.9. The Hall–Kier alpha value is -3.58. The Balaban J connectivity index is 1.57. The smallest absolute Gasteiger partial charge is 0.129 e. The van der Waals surface area contributed by atoms with Crippen LogP contribution in [0.1, 0.15) is 42.9 Å². The zero-order chi connectivity index (χ0) is 21.9. The highest BCUT2D eigenvalue weighted by atomic mass is 19.1. The minimum absolute atomic E-state index is 0.152. The van der Waals surface area contributed by atoms with Gasteiger partial charge in [0, 0.05) is 22.7 Å². The van der Waals surface area contributed by atoms with Crippen LogP contribution in [0.5, 0.6) is 5.75 Å². The molecule has 1 saturated carbocycles. The molecule has 0 amide bonds. The van der Waals surface area contributed by atoms with Crippen LogP contribution in [0.25, 0.3) is 16.6 Å². The van der Waals surface area contributed by atoms with Crippen LogP contribution in [-0.2, 0) is 6.61 Å². The number of fused-ring (bicyclic) bond motifs is 1. The van der Waals surface area contributed by atoms with Crippen molar-refractivity contribution in [2.24, 2.45) is 5.92 Å². The van der Waals surface area contributed by atoms with E-state index in [0.717, 1.165) is 53.6 Å². The highest BCUT2D eigenvalue weighted by Gasteiger charge is 2.26. The van der Waals surface area contributed by atoms with E-state index < -0.39 is 0 Å². The van der Waals surface area contributed by atoms with Crippen molar-refractivity contribution in [2.45, 2.75) is 38.2 Å². The predicted molar refractivity (Wildman–Crippen MR) is 124 cm³/mol. The number of hydrogen-bond acceptors (Lipinski definition) is 2. The van der Waals surface area contributed by atoms with Gasteiger partial charge in [0.2, 0.25) is 0 Å². The number of nitrogens with zero attached hydrogens (tertiary/aromatic N) is 2. The Morgan fingerprint density at radius 1 is 0.906 bits per heavy atom. The summed E-state index contributed by atoms with van der Waals surface area (Å²) in [6, 6.07) is 27.6. The molecule has 3 aromatic carbocycles. The van der Waals surface area contributed by atoms with Gasteiger partial charge in [0.1, 0.15) is 18.2 Å². The second-order valence-electron chi connectivity index (χ2n) is 8.52. The van der Waals surface area contributed by atoms with E-state index in [1.54, 1.807) is 0 Å². The van der Waals surface area contributed by atoms with Crippen LogP contribution in [0.4, 0.5) is 4.39 Å². The van der Waals surface area contributed by atoms with Crippen molar-refractivity contribution in [1.29, 1.82) is 5.26 Å². The number of benzene rings is 3. The SMILES string of the molecule is N#C[C@H]1CC[C@@H](c2cc3c(OCc4ccccc4)cccc3n2-c2ccc(F)cc2)CC1. The number of hydrogen-bond donors (Lipinski definition) is 0. The lowest BCUT2D eigenvalue weighted by Gasteiger charge is -2.26. The van der Waals surface area contributed by atoms with Crippen LogP contribution in [0, 0.1) is 23.1 Å². The van der Waals surface area contributed by atoms with E-state index in [2.05, 4.69) is 34.9 Å². The van der Waals surface area contributed by atoms with Gasteiger partial charge in [-0.15, -0.1) is 0 Å². The minimum atomic E-state index is -0.242. The number of rotatable bonds is 5. The summed E-state index contributed by atoms with van der Waals surface area (Å²) in [4.78, 5) is 0. The van der Waals surface area contributed by atoms with Crippen molar-refractivity contribution in [3.05, 3.63) is 95.9 Å². The molecule has 4 heteroatoms. The molecule has 32 heavy (non-hydrogen) atoms. The second kappa shape index (κ2) is 8.88. The van der Waals surface area contributed by atoms with Crippen molar-refractivity contribution in [3.8, 4) is 17.5 Å². The van der Waals surface area contributed by atoms with Crippen molar-refractivity contribution < 1.29 is 9.13 Å². The lowest BCUT2D eigenvalue weighted by Crippen LogP contribution is -2.14. The van der Waals surface area contributed by atoms with Gasteiger partial charge in [0.15, 0.2) is 0 Å². The van der Waals surface area contributed by atoms with Crippen molar-refractivity contribution >= 4 is 10.9 Å². The third-order valence-electron chi connectivity index (χ3n) is 6.48. The zero-order valence-corrected chi connectivity index (χ0v) is 17.9. The van der Waals surface area contributed by atoms with Crippen LogP contribution in [-0.4, -0.2) is 4.57 Å². The lowest BCUT2D eigenvalue weighted by molar-refractivity contribution is 0.310. The topological polar surface area (TPSA) is 37.9 Å². The first-order chi connectivity index (χ1) is 15.7. The number of aromatic nitrogens is 1. The fourth-order valence-electron chi connectivity index (χ4n) is 4.78. The molecule has 1 aliphatic carbocycles. The Morgan fingerprint density at radius 3 is 2.38 bits per heavy atom. The molecule has 0 saturated heterocycles. The van der Waals surface area contributed by atoms with Crippen LogP contribution in [0.3, 0.4) is 0 Å². The van der Waals surface area contributed by atoms with E-state index in [-0.39, 0.29) is 11.7 Å². The summed E-state index contributed by atoms with van der Waals surface area (Å²) < 4.78 is 22.1. The van der Waals surface area contributed by atoms with Gasteiger partial charge < -0.3 is 9.30 Å². The normalized spacial score (nSPS) is 18.4. The molecule has 0 unspecified atom stereocenters. The Morgan fingerprint density at radius 2 is 1.66 bits per heavy atom. The quantitative estimate of drug-likeness (QED) is 0.341. The maximum atomic E-state index is 13.6. The maximum absolute atomic E-state index is 13.6. The first-order valence-electron chi connectivity index (χ1n) is 11.2. The lowest BCUT2D eigenvalue weighted by atomic mass is 9.81. The molecular weight excluding hydrogens is 399 g/mol. The van der Waals surface area contributed by atoms with E-state index in [0.29, 0.717) is 12.5 Å². The molecule has 0 N–H and O–H groups in total. The molecule has 1 aromatic heterocycles. The number of halogens is 1. The van der Waals surface area contributed by atoms with Crippen molar-refractivity contribution in [2.75, 3.05) is 0 Å². The summed E-state index contributed by atoms with van der Waals surface area (Å²) in [7, 11) is 0. The first kappa shape index (κ1) is 20.3. The molecule has 160 valence electrons. The van der Waals surface area contributed by atoms with Crippen LogP contribution < -0.4 is 4.74 Å². The summed E-state index contributed by atoms with van der Waals surface area (Å²) in [5.74, 6) is 1.12. The Kier molecular flexibility index (Phi) is 5.64. The highest BCUT2D eigenvalue weighted by molar-refractivity contribution is 5.89. The van der Waals surface area contributed by atoms with E-state index in [1.165, 1.54) is 17.8 Å². The molecule has 1 aliphatic rings. The van der Waals surface area contributed by atoms with Gasteiger partial charge in [0.05, 0.1) is 11.6 Å². The summed E-state index contributed by atoms with van der Waals surface area (Å²) in [6.45, 7) is 0.504. The molecule has 0 aliphatic heterocycles. The molecule has 4 aromatic rings. The van der Waals surface area contributed by atoms with Gasteiger partial charge in [-0.05, 0) is 79.6 Å². The molecule has 1 heterocycles. The fourth-order valence-corrected chi connectivity index (χ4v) is 4.78. The second-order valence-corrected chi connectivity index (χ2v) is 8.52. The van der Waals surface area contributed by atoms with Crippen LogP contribution in [0.15, 0.2) is 78.9 Å². The first-order valence-corrected chi connectivity index (χ1v) is 11.2. The van der Waals surface area contributed by atoms with Gasteiger partial charge in [-0.2, -0.15) is 5.26 Å². The monoisotopic (exact) mass is 424 g/mol. The summed E-state index contributed by atoms with van der Waals surface area (Å²) in [5.41, 5.74) is 4.33. The van der Waals surface area contributed by atoms with Gasteiger partial charge >= 0.3 is 0 Å². The summed E-state index contributed by atoms with van der Waals surface area (Å²) in [5, 5.41) is 10.4. The third kappa shape index (κ3) is 3.99. The van der Waals surface area contributed by atoms with Crippen LogP contribution >= 0.6 is 0 Å². The molecule has 5 rings (SSSR count). The predicted octanol–water partition coefficient (Wildman–Crippen LogP) is 7.15. The molecule has 0 atom stereocenters. The van der Waals surface area contributed by atoms with Crippen LogP contribution in [0.2, 0.25) is 0 Å². The minimum Gasteiger partial charge on any atom is -0.488 e. The molecule has 0 spiro atoms. The van der Waals surface area contributed by atoms with Crippen molar-refractivity contribution in [1.82, 2.24) is 4.57 Å². The summed E-state index contributed by atoms with van der Waals surface area (Å²) in [6.07, 6.45) is 3.80. The maximum Gasteiger partial charge on any atom is 0.129 e. The standard InChI is InChI=1S/C28H25FN2O/c29-23-13-15-24(16-14-23)31-26-7-4-8-28(32-19-21-5-2-1-3-6-21)25(26)17-27(31)22-11-9-20(18-30)10-12-22/h1-8,13-17,20,22H,9-12,19H2/t20-,22+. The van der Waals surface area contributed by atoms with Gasteiger partial charge in [-0.25, -0.2) is 4.39 Å². The highest BCUT2D eigenvalue weighted by Crippen LogP contribution is 2.41. The van der Waals surface area contributed by atoms with Gasteiger partial charge in [0.25, 0.3) is 0 Å². The van der Waals surface area contributed by atoms with E-state index in [1.807, 2.05) is 42.5 Å². The largest absolute Gasteiger partial charge is 0.488 e. The van der Waals surface area contributed by atoms with E-state index >= 15 is 0 Å². The fraction of sp³-hybridized carbons (Fsp3) is 0.250. The number of ether oxygens (including phenoxy) is 1. The van der Waals surface area contributed by atoms with Gasteiger partial charge in [-0.1, -0.05) is 36.4 Å². The van der Waals surface area contributed by atoms with E-state index in [4.69, 9.17) is 4.74 Å².